The molecule has 1 heterocycles. The van der Waals surface area contributed by atoms with Crippen molar-refractivity contribution in [3.63, 3.8) is 0 Å². The number of carbonyl (C=O) groups is 3. The number of fused-ring (bicyclic) bond motifs is 1. The number of anilines is 1. The van der Waals surface area contributed by atoms with Gasteiger partial charge in [0.15, 0.2) is 6.61 Å². The first kappa shape index (κ1) is 24.9. The number of hydrogen-bond donors (Lipinski definition) is 2. The second kappa shape index (κ2) is 10.4. The molecule has 178 valence electrons. The molecular weight excluding hydrogens is 468 g/mol. The fourth-order valence-corrected chi connectivity index (χ4v) is 5.73. The fraction of sp³-hybridized carbons (Fsp3) is 0.409. The van der Waals surface area contributed by atoms with Gasteiger partial charge in [-0.2, -0.15) is 0 Å². The molecule has 0 bridgehead atoms. The molecule has 1 aromatic carbocycles. The van der Waals surface area contributed by atoms with Gasteiger partial charge in [0.1, 0.15) is 5.00 Å². The lowest BCUT2D eigenvalue weighted by Crippen LogP contribution is -2.22. The van der Waals surface area contributed by atoms with Crippen LogP contribution in [-0.4, -0.2) is 46.5 Å². The first-order valence-corrected chi connectivity index (χ1v) is 12.8. The van der Waals surface area contributed by atoms with E-state index in [2.05, 4.69) is 17.0 Å². The van der Waals surface area contributed by atoms with Crippen molar-refractivity contribution in [3.8, 4) is 0 Å². The summed E-state index contributed by atoms with van der Waals surface area (Å²) in [6.45, 7) is 3.48. The number of carbonyl (C=O) groups excluding carboxylic acids is 3. The predicted octanol–water partition coefficient (Wildman–Crippen LogP) is 2.75. The van der Waals surface area contributed by atoms with E-state index in [1.165, 1.54) is 42.6 Å². The number of benzene rings is 1. The summed E-state index contributed by atoms with van der Waals surface area (Å²) in [5.41, 5.74) is 1.27. The van der Waals surface area contributed by atoms with Gasteiger partial charge in [0.2, 0.25) is 10.0 Å². The molecule has 0 aliphatic heterocycles. The Kier molecular flexibility index (Phi) is 7.88. The molecule has 9 nitrogen and oxygen atoms in total. The smallest absolute Gasteiger partial charge is 0.341 e. The predicted molar refractivity (Wildman–Crippen MR) is 123 cm³/mol. The molecule has 2 aromatic rings. The number of esters is 2. The van der Waals surface area contributed by atoms with Crippen LogP contribution in [0.2, 0.25) is 0 Å². The van der Waals surface area contributed by atoms with Gasteiger partial charge in [-0.1, -0.05) is 13.0 Å². The third kappa shape index (κ3) is 5.79. The number of thiophene rings is 1. The zero-order valence-electron chi connectivity index (χ0n) is 18.6. The molecule has 3 rings (SSSR count). The average Bonchev–Trinajstić information content (AvgIpc) is 3.14. The van der Waals surface area contributed by atoms with E-state index in [1.807, 2.05) is 0 Å². The first-order chi connectivity index (χ1) is 15.7. The van der Waals surface area contributed by atoms with Crippen LogP contribution < -0.4 is 10.0 Å². The van der Waals surface area contributed by atoms with Crippen LogP contribution >= 0.6 is 11.3 Å². The molecular formula is C22H26N2O7S2. The molecule has 33 heavy (non-hydrogen) atoms. The van der Waals surface area contributed by atoms with E-state index in [4.69, 9.17) is 9.47 Å². The summed E-state index contributed by atoms with van der Waals surface area (Å²) in [6, 6.07) is 5.30. The van der Waals surface area contributed by atoms with Gasteiger partial charge in [-0.3, -0.25) is 4.79 Å². The molecule has 0 saturated carbocycles. The monoisotopic (exact) mass is 494 g/mol. The summed E-state index contributed by atoms with van der Waals surface area (Å²) in [4.78, 5) is 38.3. The van der Waals surface area contributed by atoms with Crippen LogP contribution in [0.4, 0.5) is 5.00 Å². The Morgan fingerprint density at radius 1 is 1.18 bits per heavy atom. The summed E-state index contributed by atoms with van der Waals surface area (Å²) >= 11 is 1.34. The lowest BCUT2D eigenvalue weighted by Gasteiger charge is -2.18. The first-order valence-electron chi connectivity index (χ1n) is 10.5. The topological polar surface area (TPSA) is 128 Å². The second-order valence-corrected chi connectivity index (χ2v) is 10.6. The van der Waals surface area contributed by atoms with Crippen LogP contribution in [0.15, 0.2) is 29.2 Å². The van der Waals surface area contributed by atoms with Crippen molar-refractivity contribution in [2.75, 3.05) is 25.6 Å². The Bertz CT molecular complexity index is 1170. The highest BCUT2D eigenvalue weighted by Gasteiger charge is 2.29. The normalized spacial score (nSPS) is 15.4. The maximum absolute atomic E-state index is 12.5. The molecule has 0 spiro atoms. The minimum absolute atomic E-state index is 0.00749. The fourth-order valence-electron chi connectivity index (χ4n) is 3.54. The van der Waals surface area contributed by atoms with E-state index in [0.29, 0.717) is 16.5 Å². The third-order valence-electron chi connectivity index (χ3n) is 5.23. The highest BCUT2D eigenvalue weighted by atomic mass is 32.2. The number of ether oxygens (including phenoxy) is 2. The maximum Gasteiger partial charge on any atom is 0.341 e. The number of rotatable bonds is 8. The van der Waals surface area contributed by atoms with Gasteiger partial charge in [0.05, 0.1) is 22.6 Å². The van der Waals surface area contributed by atoms with Gasteiger partial charge < -0.3 is 14.8 Å². The summed E-state index contributed by atoms with van der Waals surface area (Å²) in [6.07, 6.45) is 2.50. The largest absolute Gasteiger partial charge is 0.462 e. The summed E-state index contributed by atoms with van der Waals surface area (Å²) in [7, 11) is -2.47. The van der Waals surface area contributed by atoms with Gasteiger partial charge in [0.25, 0.3) is 5.91 Å². The molecule has 0 radical (unpaired) electrons. The van der Waals surface area contributed by atoms with Gasteiger partial charge >= 0.3 is 11.9 Å². The van der Waals surface area contributed by atoms with Crippen molar-refractivity contribution in [2.45, 2.75) is 38.0 Å². The SMILES string of the molecule is CCOC(=O)c1c(NC(=O)COC(=O)c2cccc(S(=O)(=O)NC)c2)sc2c1CCC(C)C2. The van der Waals surface area contributed by atoms with Gasteiger partial charge in [-0.25, -0.2) is 22.7 Å². The van der Waals surface area contributed by atoms with Crippen molar-refractivity contribution in [1.82, 2.24) is 4.72 Å². The Balaban J connectivity index is 1.71. The second-order valence-electron chi connectivity index (χ2n) is 7.64. The Morgan fingerprint density at radius 2 is 1.94 bits per heavy atom. The van der Waals surface area contributed by atoms with E-state index >= 15 is 0 Å². The lowest BCUT2D eigenvalue weighted by molar-refractivity contribution is -0.119. The maximum atomic E-state index is 12.5. The molecule has 1 amide bonds. The summed E-state index contributed by atoms with van der Waals surface area (Å²) < 4.78 is 36.2. The molecule has 1 unspecified atom stereocenters. The van der Waals surface area contributed by atoms with E-state index in [0.717, 1.165) is 29.7 Å². The quantitative estimate of drug-likeness (QED) is 0.540. The molecule has 1 atom stereocenters. The number of amides is 1. The zero-order chi connectivity index (χ0) is 24.2. The molecule has 1 aromatic heterocycles. The van der Waals surface area contributed by atoms with E-state index < -0.39 is 34.5 Å². The van der Waals surface area contributed by atoms with Crippen molar-refractivity contribution < 1.29 is 32.3 Å². The molecule has 0 fully saturated rings. The number of nitrogens with one attached hydrogen (secondary N) is 2. The van der Waals surface area contributed by atoms with Crippen molar-refractivity contribution in [1.29, 1.82) is 0 Å². The Labute approximate surface area is 196 Å². The molecule has 0 saturated heterocycles. The summed E-state index contributed by atoms with van der Waals surface area (Å²) in [5, 5.41) is 3.05. The minimum Gasteiger partial charge on any atom is -0.462 e. The van der Waals surface area contributed by atoms with Crippen LogP contribution in [0.1, 0.15) is 51.4 Å². The zero-order valence-corrected chi connectivity index (χ0v) is 20.2. The molecule has 11 heteroatoms. The van der Waals surface area contributed by atoms with E-state index in [1.54, 1.807) is 6.92 Å². The highest BCUT2D eigenvalue weighted by molar-refractivity contribution is 7.89. The number of sulfonamides is 1. The number of hydrogen-bond acceptors (Lipinski definition) is 8. The highest BCUT2D eigenvalue weighted by Crippen LogP contribution is 2.40. The van der Waals surface area contributed by atoms with Crippen LogP contribution in [0, 0.1) is 5.92 Å². The van der Waals surface area contributed by atoms with Crippen molar-refractivity contribution in [2.24, 2.45) is 5.92 Å². The standard InChI is InChI=1S/C22H26N2O7S2/c1-4-30-22(27)19-16-9-8-13(2)10-17(16)32-20(19)24-18(25)12-31-21(26)14-6-5-7-15(11-14)33(28,29)23-3/h5-7,11,13,23H,4,8-10,12H2,1-3H3,(H,24,25). The minimum atomic E-state index is -3.73. The van der Waals surface area contributed by atoms with Crippen LogP contribution in [0.25, 0.3) is 0 Å². The lowest BCUT2D eigenvalue weighted by atomic mass is 9.88. The van der Waals surface area contributed by atoms with Crippen molar-refractivity contribution >= 4 is 44.2 Å². The third-order valence-corrected chi connectivity index (χ3v) is 7.81. The van der Waals surface area contributed by atoms with E-state index in [9.17, 15) is 22.8 Å². The van der Waals surface area contributed by atoms with Gasteiger partial charge in [-0.05, 0) is 62.9 Å². The Hall–Kier alpha value is -2.76. The van der Waals surface area contributed by atoms with Crippen LogP contribution in [0.3, 0.4) is 0 Å². The van der Waals surface area contributed by atoms with Crippen molar-refractivity contribution in [3.05, 3.63) is 45.8 Å². The summed E-state index contributed by atoms with van der Waals surface area (Å²) in [5.74, 6) is -1.46. The molecule has 1 aliphatic rings. The Morgan fingerprint density at radius 3 is 2.64 bits per heavy atom. The van der Waals surface area contributed by atoms with Gasteiger partial charge in [0, 0.05) is 4.88 Å². The average molecular weight is 495 g/mol. The molecule has 2 N–H and O–H groups in total. The van der Waals surface area contributed by atoms with Gasteiger partial charge in [-0.15, -0.1) is 11.3 Å². The van der Waals surface area contributed by atoms with Crippen LogP contribution in [0.5, 0.6) is 0 Å². The van der Waals surface area contributed by atoms with E-state index in [-0.39, 0.29) is 17.1 Å². The van der Waals surface area contributed by atoms with Crippen LogP contribution in [-0.2, 0) is 37.1 Å². The molecule has 1 aliphatic carbocycles.